The summed E-state index contributed by atoms with van der Waals surface area (Å²) in [7, 11) is 1.58. The highest BCUT2D eigenvalue weighted by Crippen LogP contribution is 2.31. The van der Waals surface area contributed by atoms with Crippen molar-refractivity contribution in [3.05, 3.63) is 64.6 Å². The highest BCUT2D eigenvalue weighted by Gasteiger charge is 2.32. The van der Waals surface area contributed by atoms with Gasteiger partial charge in [-0.25, -0.2) is 4.98 Å². The fraction of sp³-hybridized carbons (Fsp3) is 0.458. The largest absolute Gasteiger partial charge is 0.449 e. The van der Waals surface area contributed by atoms with Gasteiger partial charge < -0.3 is 14.1 Å². The number of nitrogens with zero attached hydrogens (tertiary/aromatic N) is 7. The van der Waals surface area contributed by atoms with Crippen molar-refractivity contribution < 1.29 is 27.1 Å². The van der Waals surface area contributed by atoms with E-state index in [1.54, 1.807) is 32.1 Å². The molecule has 0 unspecified atom stereocenters. The molecule has 4 rings (SSSR count). The monoisotopic (exact) mass is 519 g/mol. The number of hydrogen-bond acceptors (Lipinski definition) is 8. The Bertz CT molecular complexity index is 1250. The number of tetrazole rings is 1. The molecule has 1 amide bonds. The van der Waals surface area contributed by atoms with E-state index in [2.05, 4.69) is 25.3 Å². The zero-order valence-electron chi connectivity index (χ0n) is 20.8. The van der Waals surface area contributed by atoms with Gasteiger partial charge in [-0.3, -0.25) is 9.69 Å². The molecule has 13 heteroatoms. The molecule has 0 radical (unpaired) electrons. The van der Waals surface area contributed by atoms with Crippen molar-refractivity contribution in [2.45, 2.75) is 39.2 Å². The van der Waals surface area contributed by atoms with Crippen LogP contribution in [0.4, 0.5) is 13.2 Å². The van der Waals surface area contributed by atoms with Crippen LogP contribution in [0.2, 0.25) is 0 Å². The molecule has 37 heavy (non-hydrogen) atoms. The third-order valence-corrected chi connectivity index (χ3v) is 6.00. The molecule has 198 valence electrons. The van der Waals surface area contributed by atoms with E-state index < -0.39 is 11.7 Å². The number of carbonyl (C=O) groups excluding carboxylic acids is 1. The maximum absolute atomic E-state index is 13.3. The molecule has 0 N–H and O–H groups in total. The van der Waals surface area contributed by atoms with Crippen molar-refractivity contribution in [3.8, 4) is 0 Å². The van der Waals surface area contributed by atoms with Gasteiger partial charge in [0.25, 0.3) is 0 Å². The van der Waals surface area contributed by atoms with Gasteiger partial charge in [-0.1, -0.05) is 6.07 Å². The van der Waals surface area contributed by atoms with Crippen molar-refractivity contribution in [3.63, 3.8) is 0 Å². The Hall–Kier alpha value is -3.58. The van der Waals surface area contributed by atoms with Crippen molar-refractivity contribution in [2.24, 2.45) is 0 Å². The first-order valence-corrected chi connectivity index (χ1v) is 11.7. The average molecular weight is 520 g/mol. The minimum atomic E-state index is -4.50. The second kappa shape index (κ2) is 11.2. The minimum absolute atomic E-state index is 0.0227. The van der Waals surface area contributed by atoms with E-state index in [0.29, 0.717) is 55.6 Å². The standard InChI is InChI=1S/C24H28F3N7O3/c1-16-29-31-34(30-16)11-19-10-20(24(25,26)27)6-4-18(19)5-7-23(35)33-9-8-32(13-22(33)15-36-3)12-21-14-37-17(2)28-21/h4-7,10,14,22H,8-9,11-13,15H2,1-3H3/t22-/m0/s1. The summed E-state index contributed by atoms with van der Waals surface area (Å²) in [6.45, 7) is 6.03. The lowest BCUT2D eigenvalue weighted by Crippen LogP contribution is -2.56. The molecule has 0 bridgehead atoms. The van der Waals surface area contributed by atoms with Crippen LogP contribution < -0.4 is 0 Å². The maximum Gasteiger partial charge on any atom is 0.416 e. The minimum Gasteiger partial charge on any atom is -0.449 e. The Labute approximate surface area is 211 Å². The number of aryl methyl sites for hydroxylation is 2. The quantitative estimate of drug-likeness (QED) is 0.419. The van der Waals surface area contributed by atoms with Gasteiger partial charge in [0.05, 0.1) is 30.5 Å². The van der Waals surface area contributed by atoms with Gasteiger partial charge in [-0.15, -0.1) is 10.2 Å². The lowest BCUT2D eigenvalue weighted by Gasteiger charge is -2.40. The summed E-state index contributed by atoms with van der Waals surface area (Å²) < 4.78 is 50.6. The van der Waals surface area contributed by atoms with Gasteiger partial charge in [0.2, 0.25) is 5.91 Å². The molecule has 3 heterocycles. The molecule has 1 aliphatic heterocycles. The Morgan fingerprint density at radius 3 is 2.70 bits per heavy atom. The number of benzene rings is 1. The van der Waals surface area contributed by atoms with Crippen LogP contribution in [0.15, 0.2) is 35.0 Å². The molecule has 0 spiro atoms. The number of rotatable bonds is 8. The molecule has 1 aliphatic rings. The summed E-state index contributed by atoms with van der Waals surface area (Å²) in [5.74, 6) is 0.751. The number of aromatic nitrogens is 5. The highest BCUT2D eigenvalue weighted by molar-refractivity contribution is 5.92. The zero-order valence-corrected chi connectivity index (χ0v) is 20.8. The molecule has 1 fully saturated rings. The smallest absolute Gasteiger partial charge is 0.416 e. The number of hydrogen-bond donors (Lipinski definition) is 0. The number of methoxy groups -OCH3 is 1. The molecule has 0 saturated carbocycles. The topological polar surface area (TPSA) is 102 Å². The fourth-order valence-electron chi connectivity index (χ4n) is 4.28. The molecule has 10 nitrogen and oxygen atoms in total. The van der Waals surface area contributed by atoms with Crippen molar-refractivity contribution in [2.75, 3.05) is 33.4 Å². The van der Waals surface area contributed by atoms with Crippen molar-refractivity contribution in [1.82, 2.24) is 35.0 Å². The summed E-state index contributed by atoms with van der Waals surface area (Å²) in [5, 5.41) is 11.7. The first-order chi connectivity index (χ1) is 17.6. The summed E-state index contributed by atoms with van der Waals surface area (Å²) in [6, 6.07) is 3.18. The average Bonchev–Trinajstić information content (AvgIpc) is 3.44. The fourth-order valence-corrected chi connectivity index (χ4v) is 4.28. The highest BCUT2D eigenvalue weighted by atomic mass is 19.4. The van der Waals surface area contributed by atoms with E-state index >= 15 is 0 Å². The van der Waals surface area contributed by atoms with Gasteiger partial charge >= 0.3 is 6.18 Å². The summed E-state index contributed by atoms with van der Waals surface area (Å²) in [5.41, 5.74) is 0.804. The van der Waals surface area contributed by atoms with Crippen LogP contribution in [0.3, 0.4) is 0 Å². The maximum atomic E-state index is 13.3. The predicted molar refractivity (Wildman–Crippen MR) is 126 cm³/mol. The number of alkyl halides is 3. The van der Waals surface area contributed by atoms with Gasteiger partial charge in [-0.2, -0.15) is 18.0 Å². The van der Waals surface area contributed by atoms with Gasteiger partial charge in [0.15, 0.2) is 11.7 Å². The van der Waals surface area contributed by atoms with Crippen LogP contribution in [0.1, 0.15) is 34.1 Å². The summed E-state index contributed by atoms with van der Waals surface area (Å²) >= 11 is 0. The van der Waals surface area contributed by atoms with Gasteiger partial charge in [0.1, 0.15) is 6.26 Å². The number of oxazole rings is 1. The predicted octanol–water partition coefficient (Wildman–Crippen LogP) is 2.72. The van der Waals surface area contributed by atoms with Crippen LogP contribution in [-0.2, 0) is 28.8 Å². The SMILES string of the molecule is COC[C@@H]1CN(Cc2coc(C)n2)CCN1C(=O)C=Cc1ccc(C(F)(F)F)cc1Cn1nnc(C)n1. The van der Waals surface area contributed by atoms with E-state index in [4.69, 9.17) is 9.15 Å². The van der Waals surface area contributed by atoms with E-state index in [0.717, 1.165) is 17.8 Å². The Balaban J connectivity index is 1.50. The van der Waals surface area contributed by atoms with E-state index in [1.807, 2.05) is 0 Å². The number of halogens is 3. The first kappa shape index (κ1) is 26.5. The number of amides is 1. The Morgan fingerprint density at radius 1 is 1.24 bits per heavy atom. The Kier molecular flexibility index (Phi) is 8.03. The number of ether oxygens (including phenoxy) is 1. The van der Waals surface area contributed by atoms with Crippen LogP contribution in [0.5, 0.6) is 0 Å². The van der Waals surface area contributed by atoms with E-state index in [1.165, 1.54) is 23.0 Å². The normalized spacial score (nSPS) is 17.1. The van der Waals surface area contributed by atoms with Crippen molar-refractivity contribution >= 4 is 12.0 Å². The molecule has 1 saturated heterocycles. The van der Waals surface area contributed by atoms with Crippen molar-refractivity contribution in [1.29, 1.82) is 0 Å². The second-order valence-electron chi connectivity index (χ2n) is 8.85. The molecule has 1 aromatic carbocycles. The van der Waals surface area contributed by atoms with Crippen LogP contribution in [0.25, 0.3) is 6.08 Å². The number of piperazine rings is 1. The zero-order chi connectivity index (χ0) is 26.6. The Morgan fingerprint density at radius 2 is 2.05 bits per heavy atom. The van der Waals surface area contributed by atoms with Gasteiger partial charge in [0, 0.05) is 46.3 Å². The van der Waals surface area contributed by atoms with E-state index in [9.17, 15) is 18.0 Å². The van der Waals surface area contributed by atoms with Crippen LogP contribution in [-0.4, -0.2) is 80.3 Å². The third kappa shape index (κ3) is 6.80. The molecule has 0 aliphatic carbocycles. The molecule has 1 atom stereocenters. The van der Waals surface area contributed by atoms with Crippen LogP contribution >= 0.6 is 0 Å². The summed E-state index contributed by atoms with van der Waals surface area (Å²) in [6.07, 6.45) is 0.0242. The lowest BCUT2D eigenvalue weighted by atomic mass is 10.0. The number of carbonyl (C=O) groups is 1. The van der Waals surface area contributed by atoms with Gasteiger partial charge in [-0.05, 0) is 41.5 Å². The molecule has 2 aromatic heterocycles. The summed E-state index contributed by atoms with van der Waals surface area (Å²) in [4.78, 5) is 22.6. The molecule has 3 aromatic rings. The lowest BCUT2D eigenvalue weighted by molar-refractivity contribution is -0.137. The third-order valence-electron chi connectivity index (χ3n) is 6.00. The second-order valence-corrected chi connectivity index (χ2v) is 8.85. The first-order valence-electron chi connectivity index (χ1n) is 11.7. The van der Waals surface area contributed by atoms with E-state index in [-0.39, 0.29) is 18.5 Å². The van der Waals surface area contributed by atoms with Crippen LogP contribution in [0, 0.1) is 13.8 Å². The molecular formula is C24H28F3N7O3. The molecular weight excluding hydrogens is 491 g/mol.